The molecule has 2 aromatic carbocycles. The van der Waals surface area contributed by atoms with Crippen molar-refractivity contribution in [1.82, 2.24) is 20.4 Å². The van der Waals surface area contributed by atoms with Crippen molar-refractivity contribution in [2.24, 2.45) is 0 Å². The van der Waals surface area contributed by atoms with E-state index in [4.69, 9.17) is 21.5 Å². The summed E-state index contributed by atoms with van der Waals surface area (Å²) in [7, 11) is 1.64. The molecule has 3 heterocycles. The summed E-state index contributed by atoms with van der Waals surface area (Å²) in [5.41, 5.74) is 3.38. The number of halogens is 1. The first-order valence-electron chi connectivity index (χ1n) is 10.6. The van der Waals surface area contributed by atoms with Gasteiger partial charge in [-0.3, -0.25) is 0 Å². The van der Waals surface area contributed by atoms with Crippen LogP contribution in [0.3, 0.4) is 0 Å². The highest BCUT2D eigenvalue weighted by Gasteiger charge is 2.34. The van der Waals surface area contributed by atoms with Crippen molar-refractivity contribution in [2.75, 3.05) is 7.11 Å². The molecule has 6 nitrogen and oxygen atoms in total. The maximum absolute atomic E-state index is 14.1. The smallest absolute Gasteiger partial charge is 0.258 e. The number of hydrogen-bond acceptors (Lipinski definition) is 6. The van der Waals surface area contributed by atoms with Crippen LogP contribution in [0.2, 0.25) is 0 Å². The van der Waals surface area contributed by atoms with E-state index in [2.05, 4.69) is 15.5 Å². The molecule has 0 radical (unpaired) electrons. The zero-order valence-electron chi connectivity index (χ0n) is 18.5. The van der Waals surface area contributed by atoms with Crippen LogP contribution in [0.1, 0.15) is 30.0 Å². The fourth-order valence-electron chi connectivity index (χ4n) is 3.94. The molecule has 1 atom stereocenters. The molecule has 0 saturated carbocycles. The first-order chi connectivity index (χ1) is 16.5. The van der Waals surface area contributed by atoms with E-state index >= 15 is 0 Å². The summed E-state index contributed by atoms with van der Waals surface area (Å²) in [5.74, 6) is 1.34. The zero-order chi connectivity index (χ0) is 23.7. The largest absolute Gasteiger partial charge is 0.497 e. The van der Waals surface area contributed by atoms with Gasteiger partial charge in [0.25, 0.3) is 5.89 Å². The Hall–Kier alpha value is -3.56. The van der Waals surface area contributed by atoms with Crippen LogP contribution in [0.4, 0.5) is 4.39 Å². The first kappa shape index (κ1) is 22.2. The van der Waals surface area contributed by atoms with Gasteiger partial charge in [0.2, 0.25) is 5.82 Å². The topological polar surface area (TPSA) is 63.4 Å². The SMILES string of the molecule is COc1ccc(CN2C(=S)NC(c3cccc(F)c3)C(c3nc(-c4cccs4)no3)=C2C)cc1. The molecule has 2 aromatic heterocycles. The Morgan fingerprint density at radius 3 is 2.71 bits per heavy atom. The van der Waals surface area contributed by atoms with Gasteiger partial charge in [-0.1, -0.05) is 35.5 Å². The van der Waals surface area contributed by atoms with Gasteiger partial charge in [0.1, 0.15) is 11.6 Å². The second kappa shape index (κ2) is 9.36. The summed E-state index contributed by atoms with van der Waals surface area (Å²) in [4.78, 5) is 7.56. The molecule has 0 bridgehead atoms. The van der Waals surface area contributed by atoms with E-state index in [9.17, 15) is 4.39 Å². The lowest BCUT2D eigenvalue weighted by Crippen LogP contribution is -2.45. The van der Waals surface area contributed by atoms with Crippen LogP contribution in [0.15, 0.2) is 76.3 Å². The fourth-order valence-corrected chi connectivity index (χ4v) is 4.91. The minimum Gasteiger partial charge on any atom is -0.497 e. The zero-order valence-corrected chi connectivity index (χ0v) is 20.1. The molecule has 5 rings (SSSR count). The number of ether oxygens (including phenoxy) is 1. The highest BCUT2D eigenvalue weighted by molar-refractivity contribution is 7.80. The summed E-state index contributed by atoms with van der Waals surface area (Å²) in [6.45, 7) is 2.50. The third-order valence-corrected chi connectivity index (χ3v) is 6.88. The van der Waals surface area contributed by atoms with Crippen LogP contribution < -0.4 is 10.1 Å². The number of thiocarbonyl (C=S) groups is 1. The molecule has 0 saturated heterocycles. The third kappa shape index (κ3) is 4.32. The Labute approximate surface area is 205 Å². The molecule has 1 unspecified atom stereocenters. The normalized spacial score (nSPS) is 16.0. The molecule has 1 aliphatic rings. The lowest BCUT2D eigenvalue weighted by atomic mass is 9.94. The van der Waals surface area contributed by atoms with E-state index in [-0.39, 0.29) is 5.82 Å². The number of nitrogens with one attached hydrogen (secondary N) is 1. The predicted molar refractivity (Wildman–Crippen MR) is 134 cm³/mol. The van der Waals surface area contributed by atoms with E-state index in [1.165, 1.54) is 23.5 Å². The van der Waals surface area contributed by atoms with Crippen molar-refractivity contribution >= 4 is 34.2 Å². The van der Waals surface area contributed by atoms with Gasteiger partial charge in [0.05, 0.1) is 23.6 Å². The van der Waals surface area contributed by atoms with E-state index in [0.717, 1.165) is 33.0 Å². The average Bonchev–Trinajstić information content (AvgIpc) is 3.54. The summed E-state index contributed by atoms with van der Waals surface area (Å²) in [6.07, 6.45) is 0. The average molecular weight is 493 g/mol. The van der Waals surface area contributed by atoms with Gasteiger partial charge in [-0.2, -0.15) is 4.98 Å². The van der Waals surface area contributed by atoms with Gasteiger partial charge >= 0.3 is 0 Å². The fraction of sp³-hybridized carbons (Fsp3) is 0.160. The first-order valence-corrected chi connectivity index (χ1v) is 11.9. The Morgan fingerprint density at radius 2 is 2.00 bits per heavy atom. The van der Waals surface area contributed by atoms with Crippen LogP contribution in [0.5, 0.6) is 5.75 Å². The van der Waals surface area contributed by atoms with E-state index < -0.39 is 6.04 Å². The van der Waals surface area contributed by atoms with Gasteiger partial charge in [-0.25, -0.2) is 4.39 Å². The standard InChI is InChI=1S/C25H21FN4O2S2/c1-15-21(24-28-23(29-32-24)20-7-4-12-34-20)22(17-5-3-6-18(26)13-17)27-25(33)30(15)14-16-8-10-19(31-2)11-9-16/h3-13,22H,14H2,1-2H3,(H,27,33). The summed E-state index contributed by atoms with van der Waals surface area (Å²) in [6, 6.07) is 17.7. The number of methoxy groups -OCH3 is 1. The number of hydrogen-bond donors (Lipinski definition) is 1. The number of allylic oxidation sites excluding steroid dienone is 1. The van der Waals surface area contributed by atoms with Crippen LogP contribution in [0.25, 0.3) is 16.3 Å². The Bertz CT molecular complexity index is 1350. The number of nitrogens with zero attached hydrogens (tertiary/aromatic N) is 3. The van der Waals surface area contributed by atoms with E-state index in [1.807, 2.05) is 59.7 Å². The molecule has 9 heteroatoms. The summed E-state index contributed by atoms with van der Waals surface area (Å²) >= 11 is 7.27. The van der Waals surface area contributed by atoms with Crippen molar-refractivity contribution in [3.05, 3.63) is 94.6 Å². The van der Waals surface area contributed by atoms with Crippen LogP contribution >= 0.6 is 23.6 Å². The lowest BCUT2D eigenvalue weighted by molar-refractivity contribution is 0.396. The number of aromatic nitrogens is 2. The minimum absolute atomic E-state index is 0.326. The van der Waals surface area contributed by atoms with Crippen molar-refractivity contribution in [2.45, 2.75) is 19.5 Å². The second-order valence-electron chi connectivity index (χ2n) is 7.77. The molecular formula is C25H21FN4O2S2. The Kier molecular flexibility index (Phi) is 6.12. The van der Waals surface area contributed by atoms with Gasteiger partial charge in [-0.15, -0.1) is 11.3 Å². The number of benzene rings is 2. The summed E-state index contributed by atoms with van der Waals surface area (Å²) < 4.78 is 25.1. The van der Waals surface area contributed by atoms with Crippen molar-refractivity contribution in [3.8, 4) is 16.5 Å². The molecule has 0 spiro atoms. The molecule has 0 fully saturated rings. The molecule has 172 valence electrons. The third-order valence-electron chi connectivity index (χ3n) is 5.68. The monoisotopic (exact) mass is 492 g/mol. The van der Waals surface area contributed by atoms with Crippen molar-refractivity contribution < 1.29 is 13.7 Å². The van der Waals surface area contributed by atoms with Gasteiger partial charge in [0.15, 0.2) is 5.11 Å². The maximum atomic E-state index is 14.1. The highest BCUT2D eigenvalue weighted by Crippen LogP contribution is 2.38. The molecule has 1 N–H and O–H groups in total. The van der Waals surface area contributed by atoms with Crippen molar-refractivity contribution in [3.63, 3.8) is 0 Å². The molecule has 34 heavy (non-hydrogen) atoms. The van der Waals surface area contributed by atoms with E-state index in [1.54, 1.807) is 13.2 Å². The lowest BCUT2D eigenvalue weighted by Gasteiger charge is -2.37. The predicted octanol–water partition coefficient (Wildman–Crippen LogP) is 5.81. The van der Waals surface area contributed by atoms with Crippen LogP contribution in [-0.2, 0) is 6.54 Å². The van der Waals surface area contributed by atoms with Crippen molar-refractivity contribution in [1.29, 1.82) is 0 Å². The van der Waals surface area contributed by atoms with E-state index in [0.29, 0.717) is 23.4 Å². The summed E-state index contributed by atoms with van der Waals surface area (Å²) in [5, 5.41) is 10.0. The minimum atomic E-state index is -0.438. The van der Waals surface area contributed by atoms with Crippen LogP contribution in [0, 0.1) is 5.82 Å². The maximum Gasteiger partial charge on any atom is 0.258 e. The van der Waals surface area contributed by atoms with Gasteiger partial charge in [-0.05, 0) is 66.0 Å². The Balaban J connectivity index is 1.58. The van der Waals surface area contributed by atoms with Gasteiger partial charge in [0, 0.05) is 12.2 Å². The molecular weight excluding hydrogens is 471 g/mol. The number of thiophene rings is 1. The number of rotatable bonds is 6. The van der Waals surface area contributed by atoms with Gasteiger partial charge < -0.3 is 19.5 Å². The molecule has 0 aliphatic carbocycles. The molecule has 1 aliphatic heterocycles. The molecule has 0 amide bonds. The quantitative estimate of drug-likeness (QED) is 0.341. The molecule has 4 aromatic rings. The second-order valence-corrected chi connectivity index (χ2v) is 9.11. The van der Waals surface area contributed by atoms with Crippen LogP contribution in [-0.4, -0.2) is 27.3 Å². The highest BCUT2D eigenvalue weighted by atomic mass is 32.1. The Morgan fingerprint density at radius 1 is 1.18 bits per heavy atom.